The number of hydrogen-bond donors (Lipinski definition) is 1. The topological polar surface area (TPSA) is 29.1 Å². The first-order chi connectivity index (χ1) is 5.86. The number of Topliss-reactive ketones (excluding diaryl/α,β-unsaturated/α-hetero) is 1. The summed E-state index contributed by atoms with van der Waals surface area (Å²) >= 11 is 0. The van der Waals surface area contributed by atoms with Crippen molar-refractivity contribution in [2.75, 3.05) is 6.54 Å². The molecule has 0 radical (unpaired) electrons. The van der Waals surface area contributed by atoms with Gasteiger partial charge in [0.2, 0.25) is 0 Å². The number of hydrogen-bond acceptors (Lipinski definition) is 2. The number of piperidine rings is 1. The van der Waals surface area contributed by atoms with Gasteiger partial charge in [-0.3, -0.25) is 4.79 Å². The molecule has 2 heteroatoms. The molecule has 0 spiro atoms. The van der Waals surface area contributed by atoms with Crippen molar-refractivity contribution in [3.63, 3.8) is 0 Å². The Hall–Kier alpha value is -0.370. The van der Waals surface area contributed by atoms with Crippen LogP contribution >= 0.6 is 0 Å². The SMILES string of the molecule is CC(C)(C)C(=O)C1(C)CCCCN1. The third-order valence-corrected chi connectivity index (χ3v) is 2.80. The molecule has 1 heterocycles. The molecule has 0 saturated carbocycles. The molecule has 1 atom stereocenters. The number of carbonyl (C=O) groups excluding carboxylic acids is 1. The zero-order valence-electron chi connectivity index (χ0n) is 9.24. The van der Waals surface area contributed by atoms with Crippen molar-refractivity contribution in [3.8, 4) is 0 Å². The van der Waals surface area contributed by atoms with E-state index in [1.165, 1.54) is 12.8 Å². The lowest BCUT2D eigenvalue weighted by Gasteiger charge is -2.38. The summed E-state index contributed by atoms with van der Waals surface area (Å²) in [7, 11) is 0. The van der Waals surface area contributed by atoms with E-state index in [9.17, 15) is 4.79 Å². The van der Waals surface area contributed by atoms with Crippen LogP contribution in [0.5, 0.6) is 0 Å². The van der Waals surface area contributed by atoms with Crippen LogP contribution in [0.3, 0.4) is 0 Å². The molecule has 0 aromatic rings. The van der Waals surface area contributed by atoms with Crippen LogP contribution in [-0.4, -0.2) is 17.9 Å². The van der Waals surface area contributed by atoms with Gasteiger partial charge in [-0.1, -0.05) is 20.8 Å². The Labute approximate surface area is 81.1 Å². The molecular weight excluding hydrogens is 162 g/mol. The Morgan fingerprint density at radius 2 is 1.92 bits per heavy atom. The summed E-state index contributed by atoms with van der Waals surface area (Å²) < 4.78 is 0. The highest BCUT2D eigenvalue weighted by molar-refractivity contribution is 5.92. The molecule has 2 nitrogen and oxygen atoms in total. The minimum absolute atomic E-state index is 0.223. The maximum absolute atomic E-state index is 12.1. The van der Waals surface area contributed by atoms with E-state index in [1.807, 2.05) is 27.7 Å². The van der Waals surface area contributed by atoms with Crippen molar-refractivity contribution in [2.45, 2.75) is 52.5 Å². The minimum atomic E-state index is -0.267. The molecule has 13 heavy (non-hydrogen) atoms. The summed E-state index contributed by atoms with van der Waals surface area (Å²) in [5.41, 5.74) is -0.490. The predicted molar refractivity (Wildman–Crippen MR) is 54.7 cm³/mol. The third kappa shape index (κ3) is 2.31. The molecule has 76 valence electrons. The number of ketones is 1. The van der Waals surface area contributed by atoms with Gasteiger partial charge in [-0.15, -0.1) is 0 Å². The molecule has 1 aliphatic heterocycles. The summed E-state index contributed by atoms with van der Waals surface area (Å²) in [5.74, 6) is 0.347. The smallest absolute Gasteiger partial charge is 0.157 e. The maximum Gasteiger partial charge on any atom is 0.157 e. The van der Waals surface area contributed by atoms with Gasteiger partial charge < -0.3 is 5.32 Å². The first kappa shape index (κ1) is 10.7. The van der Waals surface area contributed by atoms with Crippen molar-refractivity contribution < 1.29 is 4.79 Å². The minimum Gasteiger partial charge on any atom is -0.305 e. The molecule has 0 amide bonds. The second-order valence-electron chi connectivity index (χ2n) is 5.30. The monoisotopic (exact) mass is 183 g/mol. The molecule has 1 N–H and O–H groups in total. The van der Waals surface area contributed by atoms with Crippen molar-refractivity contribution in [3.05, 3.63) is 0 Å². The van der Waals surface area contributed by atoms with Gasteiger partial charge in [0.15, 0.2) is 5.78 Å². The lowest BCUT2D eigenvalue weighted by molar-refractivity contribution is -0.133. The zero-order valence-corrected chi connectivity index (χ0v) is 9.24. The molecule has 0 aliphatic carbocycles. The van der Waals surface area contributed by atoms with Crippen LogP contribution in [0.25, 0.3) is 0 Å². The molecule has 1 aliphatic rings. The van der Waals surface area contributed by atoms with E-state index in [4.69, 9.17) is 0 Å². The Kier molecular flexibility index (Phi) is 2.81. The molecular formula is C11H21NO. The lowest BCUT2D eigenvalue weighted by Crippen LogP contribution is -2.55. The van der Waals surface area contributed by atoms with Gasteiger partial charge in [-0.05, 0) is 32.7 Å². The maximum atomic E-state index is 12.1. The van der Waals surface area contributed by atoms with Gasteiger partial charge in [-0.2, -0.15) is 0 Å². The third-order valence-electron chi connectivity index (χ3n) is 2.80. The van der Waals surface area contributed by atoms with E-state index < -0.39 is 0 Å². The van der Waals surface area contributed by atoms with Crippen LogP contribution in [0.2, 0.25) is 0 Å². The Morgan fingerprint density at radius 1 is 1.31 bits per heavy atom. The summed E-state index contributed by atoms with van der Waals surface area (Å²) in [4.78, 5) is 12.1. The van der Waals surface area contributed by atoms with Crippen LogP contribution in [-0.2, 0) is 4.79 Å². The molecule has 1 saturated heterocycles. The van der Waals surface area contributed by atoms with E-state index in [0.717, 1.165) is 13.0 Å². The van der Waals surface area contributed by atoms with Crippen LogP contribution in [0, 0.1) is 5.41 Å². The fourth-order valence-corrected chi connectivity index (χ4v) is 2.08. The van der Waals surface area contributed by atoms with E-state index >= 15 is 0 Å². The fourth-order valence-electron chi connectivity index (χ4n) is 2.08. The second-order valence-corrected chi connectivity index (χ2v) is 5.30. The normalized spacial score (nSPS) is 30.2. The lowest BCUT2D eigenvalue weighted by atomic mass is 9.75. The standard InChI is InChI=1S/C11H21NO/c1-10(2,3)9(13)11(4)7-5-6-8-12-11/h12H,5-8H2,1-4H3. The molecule has 0 aromatic heterocycles. The van der Waals surface area contributed by atoms with Gasteiger partial charge in [0.05, 0.1) is 5.54 Å². The van der Waals surface area contributed by atoms with Gasteiger partial charge in [0.25, 0.3) is 0 Å². The van der Waals surface area contributed by atoms with Crippen LogP contribution in [0.15, 0.2) is 0 Å². The summed E-state index contributed by atoms with van der Waals surface area (Å²) in [6.45, 7) is 9.02. The predicted octanol–water partition coefficient (Wildman–Crippen LogP) is 2.13. The van der Waals surface area contributed by atoms with E-state index in [1.54, 1.807) is 0 Å². The van der Waals surface area contributed by atoms with E-state index in [0.29, 0.717) is 5.78 Å². The molecule has 1 unspecified atom stereocenters. The summed E-state index contributed by atoms with van der Waals surface area (Å²) in [6.07, 6.45) is 3.36. The van der Waals surface area contributed by atoms with Crippen LogP contribution < -0.4 is 5.32 Å². The van der Waals surface area contributed by atoms with Crippen molar-refractivity contribution in [2.24, 2.45) is 5.41 Å². The molecule has 0 bridgehead atoms. The summed E-state index contributed by atoms with van der Waals surface area (Å²) in [6, 6.07) is 0. The molecule has 0 aromatic carbocycles. The number of carbonyl (C=O) groups is 1. The first-order valence-electron chi connectivity index (χ1n) is 5.16. The van der Waals surface area contributed by atoms with Gasteiger partial charge in [0.1, 0.15) is 0 Å². The number of rotatable bonds is 1. The average Bonchev–Trinajstić information content (AvgIpc) is 2.03. The number of nitrogens with one attached hydrogen (secondary N) is 1. The highest BCUT2D eigenvalue weighted by Crippen LogP contribution is 2.28. The Balaban J connectivity index is 2.73. The second kappa shape index (κ2) is 3.41. The summed E-state index contributed by atoms with van der Waals surface area (Å²) in [5, 5.41) is 3.35. The molecule has 1 fully saturated rings. The largest absolute Gasteiger partial charge is 0.305 e. The van der Waals surface area contributed by atoms with Gasteiger partial charge in [0, 0.05) is 5.41 Å². The average molecular weight is 183 g/mol. The van der Waals surface area contributed by atoms with E-state index in [2.05, 4.69) is 5.32 Å². The van der Waals surface area contributed by atoms with Crippen molar-refractivity contribution in [1.82, 2.24) is 5.32 Å². The molecule has 1 rings (SSSR count). The fraction of sp³-hybridized carbons (Fsp3) is 0.909. The van der Waals surface area contributed by atoms with Gasteiger partial charge in [-0.25, -0.2) is 0 Å². The van der Waals surface area contributed by atoms with Gasteiger partial charge >= 0.3 is 0 Å². The Bertz CT molecular complexity index is 197. The van der Waals surface area contributed by atoms with Crippen LogP contribution in [0.1, 0.15) is 47.0 Å². The van der Waals surface area contributed by atoms with Crippen molar-refractivity contribution in [1.29, 1.82) is 0 Å². The highest BCUT2D eigenvalue weighted by Gasteiger charge is 2.40. The van der Waals surface area contributed by atoms with Crippen molar-refractivity contribution >= 4 is 5.78 Å². The first-order valence-corrected chi connectivity index (χ1v) is 5.16. The Morgan fingerprint density at radius 3 is 2.31 bits per heavy atom. The quantitative estimate of drug-likeness (QED) is 0.674. The highest BCUT2D eigenvalue weighted by atomic mass is 16.1. The van der Waals surface area contributed by atoms with Crippen LogP contribution in [0.4, 0.5) is 0 Å². The zero-order chi connectivity index (χ0) is 10.1. The van der Waals surface area contributed by atoms with E-state index in [-0.39, 0.29) is 11.0 Å².